The molecule has 1 aliphatic carbocycles. The van der Waals surface area contributed by atoms with Crippen molar-refractivity contribution in [3.8, 4) is 0 Å². The molecule has 1 saturated carbocycles. The molecule has 1 aliphatic rings. The maximum atomic E-state index is 4.72. The quantitative estimate of drug-likeness (QED) is 0.909. The van der Waals surface area contributed by atoms with E-state index in [1.54, 1.807) is 0 Å². The second-order valence-corrected chi connectivity index (χ2v) is 5.67. The lowest BCUT2D eigenvalue weighted by Gasteiger charge is -2.09. The molecule has 0 amide bonds. The van der Waals surface area contributed by atoms with Crippen LogP contribution in [0.5, 0.6) is 0 Å². The van der Waals surface area contributed by atoms with Gasteiger partial charge in [-0.1, -0.05) is 12.8 Å². The van der Waals surface area contributed by atoms with E-state index in [0.29, 0.717) is 6.04 Å². The van der Waals surface area contributed by atoms with E-state index in [4.69, 9.17) is 5.10 Å². The Balaban J connectivity index is 1.71. The molecule has 5 nitrogen and oxygen atoms in total. The van der Waals surface area contributed by atoms with Gasteiger partial charge in [-0.05, 0) is 32.9 Å². The monoisotopic (exact) mass is 273 g/mol. The summed E-state index contributed by atoms with van der Waals surface area (Å²) >= 11 is 0. The highest BCUT2D eigenvalue weighted by Crippen LogP contribution is 2.28. The lowest BCUT2D eigenvalue weighted by molar-refractivity contribution is 0.460. The molecule has 5 heteroatoms. The Morgan fingerprint density at radius 2 is 2.15 bits per heavy atom. The number of rotatable bonds is 5. The van der Waals surface area contributed by atoms with Gasteiger partial charge in [0.05, 0.1) is 24.5 Å². The summed E-state index contributed by atoms with van der Waals surface area (Å²) in [6, 6.07) is 2.74. The molecule has 20 heavy (non-hydrogen) atoms. The SMILES string of the molecule is CNCc1cnn(Cc2ccn(C3CCCC3)n2)c1C. The van der Waals surface area contributed by atoms with E-state index in [-0.39, 0.29) is 0 Å². The van der Waals surface area contributed by atoms with Crippen LogP contribution in [0.4, 0.5) is 0 Å². The molecule has 0 aliphatic heterocycles. The van der Waals surface area contributed by atoms with Gasteiger partial charge in [-0.3, -0.25) is 9.36 Å². The minimum atomic E-state index is 0.613. The molecule has 2 aromatic heterocycles. The van der Waals surface area contributed by atoms with Crippen LogP contribution in [0.1, 0.15) is 48.7 Å². The van der Waals surface area contributed by atoms with Crippen LogP contribution in [-0.4, -0.2) is 26.6 Å². The van der Waals surface area contributed by atoms with Crippen LogP contribution in [-0.2, 0) is 13.1 Å². The van der Waals surface area contributed by atoms with Crippen LogP contribution in [0, 0.1) is 6.92 Å². The zero-order chi connectivity index (χ0) is 13.9. The van der Waals surface area contributed by atoms with Crippen molar-refractivity contribution in [2.24, 2.45) is 0 Å². The molecule has 2 aromatic rings. The maximum Gasteiger partial charge on any atom is 0.0852 e. The number of hydrogen-bond donors (Lipinski definition) is 1. The van der Waals surface area contributed by atoms with Crippen LogP contribution in [0.2, 0.25) is 0 Å². The highest BCUT2D eigenvalue weighted by molar-refractivity contribution is 5.17. The van der Waals surface area contributed by atoms with Crippen LogP contribution >= 0.6 is 0 Å². The lowest BCUT2D eigenvalue weighted by atomic mass is 10.2. The van der Waals surface area contributed by atoms with Crippen LogP contribution in [0.3, 0.4) is 0 Å². The summed E-state index contributed by atoms with van der Waals surface area (Å²) < 4.78 is 4.18. The minimum Gasteiger partial charge on any atom is -0.316 e. The Morgan fingerprint density at radius 3 is 2.90 bits per heavy atom. The van der Waals surface area contributed by atoms with Gasteiger partial charge in [-0.2, -0.15) is 10.2 Å². The summed E-state index contributed by atoms with van der Waals surface area (Å²) in [4.78, 5) is 0. The van der Waals surface area contributed by atoms with Crippen LogP contribution in [0.25, 0.3) is 0 Å². The first kappa shape index (κ1) is 13.4. The van der Waals surface area contributed by atoms with Gasteiger partial charge in [0.1, 0.15) is 0 Å². The normalized spacial score (nSPS) is 16.1. The molecule has 1 N–H and O–H groups in total. The van der Waals surface area contributed by atoms with Crippen molar-refractivity contribution in [2.75, 3.05) is 7.05 Å². The van der Waals surface area contributed by atoms with Gasteiger partial charge in [-0.25, -0.2) is 0 Å². The predicted molar refractivity (Wildman–Crippen MR) is 78.6 cm³/mol. The summed E-state index contributed by atoms with van der Waals surface area (Å²) in [6.45, 7) is 3.74. The van der Waals surface area contributed by atoms with Gasteiger partial charge in [0.25, 0.3) is 0 Å². The molecule has 0 atom stereocenters. The number of aromatic nitrogens is 4. The molecule has 0 spiro atoms. The Labute approximate surface area is 120 Å². The van der Waals surface area contributed by atoms with E-state index < -0.39 is 0 Å². The van der Waals surface area contributed by atoms with E-state index >= 15 is 0 Å². The summed E-state index contributed by atoms with van der Waals surface area (Å²) in [5, 5.41) is 12.4. The summed E-state index contributed by atoms with van der Waals surface area (Å²) in [6.07, 6.45) is 9.29. The van der Waals surface area contributed by atoms with Crippen molar-refractivity contribution in [1.82, 2.24) is 24.9 Å². The Bertz CT molecular complexity index is 563. The zero-order valence-electron chi connectivity index (χ0n) is 12.3. The molecular formula is C15H23N5. The highest BCUT2D eigenvalue weighted by Gasteiger charge is 2.17. The standard InChI is InChI=1S/C15H23N5/c1-12-13(9-16-2)10-17-20(12)11-14-7-8-19(18-14)15-5-3-4-6-15/h7-8,10,15-16H,3-6,9,11H2,1-2H3. The van der Waals surface area contributed by atoms with E-state index in [1.807, 2.05) is 17.9 Å². The van der Waals surface area contributed by atoms with Gasteiger partial charge in [0, 0.05) is 24.0 Å². The smallest absolute Gasteiger partial charge is 0.0852 e. The third-order valence-electron chi connectivity index (χ3n) is 4.25. The first-order valence-electron chi connectivity index (χ1n) is 7.48. The molecule has 3 rings (SSSR count). The summed E-state index contributed by atoms with van der Waals surface area (Å²) in [5.41, 5.74) is 3.57. The second kappa shape index (κ2) is 5.79. The molecule has 0 radical (unpaired) electrons. The number of hydrogen-bond acceptors (Lipinski definition) is 3. The third-order valence-corrected chi connectivity index (χ3v) is 4.25. The average Bonchev–Trinajstić information content (AvgIpc) is 3.15. The fraction of sp³-hybridized carbons (Fsp3) is 0.600. The van der Waals surface area contributed by atoms with E-state index in [9.17, 15) is 0 Å². The maximum absolute atomic E-state index is 4.72. The van der Waals surface area contributed by atoms with Crippen molar-refractivity contribution in [3.05, 3.63) is 35.4 Å². The fourth-order valence-corrected chi connectivity index (χ4v) is 3.00. The second-order valence-electron chi connectivity index (χ2n) is 5.67. The van der Waals surface area contributed by atoms with E-state index in [1.165, 1.54) is 36.9 Å². The lowest BCUT2D eigenvalue weighted by Crippen LogP contribution is -2.10. The Hall–Kier alpha value is -1.62. The van der Waals surface area contributed by atoms with Crippen molar-refractivity contribution in [1.29, 1.82) is 0 Å². The zero-order valence-corrected chi connectivity index (χ0v) is 12.3. The van der Waals surface area contributed by atoms with Gasteiger partial charge in [-0.15, -0.1) is 0 Å². The van der Waals surface area contributed by atoms with E-state index in [0.717, 1.165) is 18.8 Å². The Morgan fingerprint density at radius 1 is 1.35 bits per heavy atom. The van der Waals surface area contributed by atoms with Crippen LogP contribution < -0.4 is 5.32 Å². The summed E-state index contributed by atoms with van der Waals surface area (Å²) in [5.74, 6) is 0. The topological polar surface area (TPSA) is 47.7 Å². The minimum absolute atomic E-state index is 0.613. The van der Waals surface area contributed by atoms with Gasteiger partial charge in [0.2, 0.25) is 0 Å². The molecule has 0 saturated heterocycles. The number of nitrogens with zero attached hydrogens (tertiary/aromatic N) is 4. The molecule has 1 fully saturated rings. The molecule has 0 unspecified atom stereocenters. The van der Waals surface area contributed by atoms with Crippen molar-refractivity contribution in [2.45, 2.75) is 51.7 Å². The predicted octanol–water partition coefficient (Wildman–Crippen LogP) is 2.27. The molecule has 0 bridgehead atoms. The van der Waals surface area contributed by atoms with Gasteiger partial charge in [0.15, 0.2) is 0 Å². The first-order chi connectivity index (χ1) is 9.78. The molecular weight excluding hydrogens is 250 g/mol. The van der Waals surface area contributed by atoms with Gasteiger partial charge >= 0.3 is 0 Å². The highest BCUT2D eigenvalue weighted by atomic mass is 15.3. The number of nitrogens with one attached hydrogen (secondary N) is 1. The van der Waals surface area contributed by atoms with Crippen molar-refractivity contribution >= 4 is 0 Å². The van der Waals surface area contributed by atoms with Gasteiger partial charge < -0.3 is 5.32 Å². The van der Waals surface area contributed by atoms with Crippen molar-refractivity contribution < 1.29 is 0 Å². The average molecular weight is 273 g/mol. The van der Waals surface area contributed by atoms with Crippen molar-refractivity contribution in [3.63, 3.8) is 0 Å². The molecule has 2 heterocycles. The molecule has 0 aromatic carbocycles. The molecule has 108 valence electrons. The van der Waals surface area contributed by atoms with Crippen LogP contribution in [0.15, 0.2) is 18.5 Å². The third kappa shape index (κ3) is 2.63. The van der Waals surface area contributed by atoms with E-state index in [2.05, 4.69) is 34.3 Å². The fourth-order valence-electron chi connectivity index (χ4n) is 3.00. The first-order valence-corrected chi connectivity index (χ1v) is 7.48. The largest absolute Gasteiger partial charge is 0.316 e. The Kier molecular flexibility index (Phi) is 3.87. The summed E-state index contributed by atoms with van der Waals surface area (Å²) in [7, 11) is 1.96.